The van der Waals surface area contributed by atoms with Gasteiger partial charge in [-0.2, -0.15) is 4.98 Å². The van der Waals surface area contributed by atoms with Gasteiger partial charge in [0, 0.05) is 5.39 Å². The van der Waals surface area contributed by atoms with Crippen LogP contribution in [0.3, 0.4) is 0 Å². The van der Waals surface area contributed by atoms with Crippen molar-refractivity contribution >= 4 is 34.6 Å². The Kier molecular flexibility index (Phi) is 5.36. The van der Waals surface area contributed by atoms with E-state index in [1.807, 2.05) is 0 Å². The first-order valence-electron chi connectivity index (χ1n) is 8.94. The summed E-state index contributed by atoms with van der Waals surface area (Å²) in [6, 6.07) is 11.4. The molecule has 29 heavy (non-hydrogen) atoms. The van der Waals surface area contributed by atoms with E-state index in [-0.39, 0.29) is 18.4 Å². The van der Waals surface area contributed by atoms with E-state index in [0.29, 0.717) is 22.0 Å². The molecule has 8 heteroatoms. The summed E-state index contributed by atoms with van der Waals surface area (Å²) in [6.07, 6.45) is 0. The third-order valence-corrected chi connectivity index (χ3v) is 3.93. The van der Waals surface area contributed by atoms with E-state index in [2.05, 4.69) is 9.97 Å². The Bertz CT molecular complexity index is 1070. The number of hydrogen-bond donors (Lipinski definition) is 2. The van der Waals surface area contributed by atoms with E-state index in [0.717, 1.165) is 5.56 Å². The first kappa shape index (κ1) is 20.1. The molecule has 0 unspecified atom stereocenters. The molecule has 0 saturated carbocycles. The normalized spacial score (nSPS) is 11.3. The molecule has 1 heterocycles. The van der Waals surface area contributed by atoms with Crippen LogP contribution < -0.4 is 11.5 Å². The predicted molar refractivity (Wildman–Crippen MR) is 109 cm³/mol. The van der Waals surface area contributed by atoms with Crippen LogP contribution in [0.1, 0.15) is 47.1 Å². The Balaban J connectivity index is 1.66. The summed E-state index contributed by atoms with van der Waals surface area (Å²) < 4.78 is 10.6. The number of carbonyl (C=O) groups is 2. The highest BCUT2D eigenvalue weighted by molar-refractivity contribution is 5.93. The molecule has 0 amide bonds. The largest absolute Gasteiger partial charge is 0.457 e. The van der Waals surface area contributed by atoms with Gasteiger partial charge in [0.25, 0.3) is 0 Å². The van der Waals surface area contributed by atoms with Crippen molar-refractivity contribution in [3.05, 3.63) is 59.2 Å². The summed E-state index contributed by atoms with van der Waals surface area (Å²) in [5.41, 5.74) is 12.9. The van der Waals surface area contributed by atoms with Crippen LogP contribution in [0.4, 0.5) is 11.8 Å². The lowest BCUT2D eigenvalue weighted by molar-refractivity contribution is 0.00689. The van der Waals surface area contributed by atoms with Gasteiger partial charge in [0.05, 0.1) is 16.6 Å². The second-order valence-electron chi connectivity index (χ2n) is 7.47. The van der Waals surface area contributed by atoms with E-state index in [9.17, 15) is 9.59 Å². The standard InChI is InChI=1S/C21H22N4O4/c1-21(2,3)29-19(27)14-7-5-13(6-8-14)18(26)28-11-12-4-9-16-15(10-12)17(22)25-20(23)24-16/h4-10H,11H2,1-3H3,(H4,22,23,24,25). The van der Waals surface area contributed by atoms with Crippen LogP contribution in [0.25, 0.3) is 10.9 Å². The average molecular weight is 394 g/mol. The van der Waals surface area contributed by atoms with Crippen LogP contribution in [0, 0.1) is 0 Å². The van der Waals surface area contributed by atoms with Crippen molar-refractivity contribution in [1.29, 1.82) is 0 Å². The van der Waals surface area contributed by atoms with Gasteiger partial charge in [0.2, 0.25) is 5.95 Å². The zero-order valence-corrected chi connectivity index (χ0v) is 16.4. The molecule has 0 aliphatic carbocycles. The maximum Gasteiger partial charge on any atom is 0.338 e. The zero-order chi connectivity index (χ0) is 21.2. The Hall–Kier alpha value is -3.68. The number of hydrogen-bond acceptors (Lipinski definition) is 8. The molecular weight excluding hydrogens is 372 g/mol. The van der Waals surface area contributed by atoms with Crippen molar-refractivity contribution in [3.8, 4) is 0 Å². The quantitative estimate of drug-likeness (QED) is 0.646. The zero-order valence-electron chi connectivity index (χ0n) is 16.4. The third-order valence-electron chi connectivity index (χ3n) is 3.93. The molecule has 0 spiro atoms. The van der Waals surface area contributed by atoms with Crippen LogP contribution in [0.2, 0.25) is 0 Å². The molecule has 3 rings (SSSR count). The number of benzene rings is 2. The fourth-order valence-corrected chi connectivity index (χ4v) is 2.62. The third kappa shape index (κ3) is 4.98. The predicted octanol–water partition coefficient (Wildman–Crippen LogP) is 3.11. The summed E-state index contributed by atoms with van der Waals surface area (Å²) in [4.78, 5) is 32.4. The molecule has 8 nitrogen and oxygen atoms in total. The van der Waals surface area contributed by atoms with Gasteiger partial charge in [0.1, 0.15) is 18.0 Å². The van der Waals surface area contributed by atoms with Crippen molar-refractivity contribution in [1.82, 2.24) is 9.97 Å². The minimum atomic E-state index is -0.589. The molecule has 0 atom stereocenters. The summed E-state index contributed by atoms with van der Waals surface area (Å²) in [7, 11) is 0. The lowest BCUT2D eigenvalue weighted by Gasteiger charge is -2.19. The van der Waals surface area contributed by atoms with Crippen LogP contribution in [-0.4, -0.2) is 27.5 Å². The molecule has 0 saturated heterocycles. The molecule has 4 N–H and O–H groups in total. The summed E-state index contributed by atoms with van der Waals surface area (Å²) >= 11 is 0. The average Bonchev–Trinajstić information content (AvgIpc) is 2.65. The van der Waals surface area contributed by atoms with Gasteiger partial charge in [-0.3, -0.25) is 0 Å². The summed E-state index contributed by atoms with van der Waals surface area (Å²) in [5.74, 6) is -0.598. The molecule has 1 aromatic heterocycles. The smallest absolute Gasteiger partial charge is 0.338 e. The molecule has 0 fully saturated rings. The van der Waals surface area contributed by atoms with Crippen molar-refractivity contribution in [2.75, 3.05) is 11.5 Å². The van der Waals surface area contributed by atoms with Crippen molar-refractivity contribution in [2.45, 2.75) is 33.0 Å². The molecule has 0 aliphatic rings. The summed E-state index contributed by atoms with van der Waals surface area (Å²) in [6.45, 7) is 5.42. The Morgan fingerprint density at radius 3 is 2.17 bits per heavy atom. The molecule has 2 aromatic carbocycles. The van der Waals surface area contributed by atoms with Gasteiger partial charge in [-0.25, -0.2) is 14.6 Å². The van der Waals surface area contributed by atoms with Crippen LogP contribution in [0.15, 0.2) is 42.5 Å². The number of nitrogens with zero attached hydrogens (tertiary/aromatic N) is 2. The molecule has 0 aliphatic heterocycles. The van der Waals surface area contributed by atoms with Crippen molar-refractivity contribution in [2.24, 2.45) is 0 Å². The maximum absolute atomic E-state index is 12.3. The molecule has 0 bridgehead atoms. The lowest BCUT2D eigenvalue weighted by atomic mass is 10.1. The fourth-order valence-electron chi connectivity index (χ4n) is 2.62. The number of fused-ring (bicyclic) bond motifs is 1. The maximum atomic E-state index is 12.3. The number of rotatable bonds is 4. The number of nitrogens with two attached hydrogens (primary N) is 2. The lowest BCUT2D eigenvalue weighted by Crippen LogP contribution is -2.23. The minimum absolute atomic E-state index is 0.0480. The highest BCUT2D eigenvalue weighted by atomic mass is 16.6. The van der Waals surface area contributed by atoms with Gasteiger partial charge in [0.15, 0.2) is 0 Å². The highest BCUT2D eigenvalue weighted by Crippen LogP contribution is 2.21. The first-order chi connectivity index (χ1) is 13.6. The van der Waals surface area contributed by atoms with Crippen LogP contribution >= 0.6 is 0 Å². The molecule has 3 aromatic rings. The first-order valence-corrected chi connectivity index (χ1v) is 8.94. The summed E-state index contributed by atoms with van der Waals surface area (Å²) in [5, 5.41) is 0.634. The van der Waals surface area contributed by atoms with Gasteiger partial charge in [-0.05, 0) is 62.7 Å². The van der Waals surface area contributed by atoms with E-state index in [1.54, 1.807) is 39.0 Å². The Morgan fingerprint density at radius 2 is 1.55 bits per heavy atom. The SMILES string of the molecule is CC(C)(C)OC(=O)c1ccc(C(=O)OCc2ccc3nc(N)nc(N)c3c2)cc1. The van der Waals surface area contributed by atoms with Crippen LogP contribution in [0.5, 0.6) is 0 Å². The van der Waals surface area contributed by atoms with Crippen molar-refractivity contribution in [3.63, 3.8) is 0 Å². The van der Waals surface area contributed by atoms with Crippen LogP contribution in [-0.2, 0) is 16.1 Å². The number of esters is 2. The fraction of sp³-hybridized carbons (Fsp3) is 0.238. The Morgan fingerprint density at radius 1 is 0.931 bits per heavy atom. The molecule has 0 radical (unpaired) electrons. The highest BCUT2D eigenvalue weighted by Gasteiger charge is 2.18. The van der Waals surface area contributed by atoms with Gasteiger partial charge >= 0.3 is 11.9 Å². The second-order valence-corrected chi connectivity index (χ2v) is 7.47. The van der Waals surface area contributed by atoms with Gasteiger partial charge in [-0.15, -0.1) is 0 Å². The molecule has 150 valence electrons. The Labute approximate surface area is 167 Å². The monoisotopic (exact) mass is 394 g/mol. The second kappa shape index (κ2) is 7.75. The number of nitrogen functional groups attached to an aromatic ring is 2. The number of aromatic nitrogens is 2. The molecular formula is C21H22N4O4. The van der Waals surface area contributed by atoms with Gasteiger partial charge in [-0.1, -0.05) is 6.07 Å². The topological polar surface area (TPSA) is 130 Å². The van der Waals surface area contributed by atoms with E-state index < -0.39 is 17.5 Å². The minimum Gasteiger partial charge on any atom is -0.457 e. The van der Waals surface area contributed by atoms with Gasteiger partial charge < -0.3 is 20.9 Å². The van der Waals surface area contributed by atoms with E-state index >= 15 is 0 Å². The van der Waals surface area contributed by atoms with E-state index in [1.165, 1.54) is 24.3 Å². The number of ether oxygens (including phenoxy) is 2. The number of anilines is 2. The van der Waals surface area contributed by atoms with Crippen molar-refractivity contribution < 1.29 is 19.1 Å². The van der Waals surface area contributed by atoms with E-state index in [4.69, 9.17) is 20.9 Å². The number of carbonyl (C=O) groups excluding carboxylic acids is 2.